The van der Waals surface area contributed by atoms with Gasteiger partial charge in [-0.15, -0.1) is 0 Å². The van der Waals surface area contributed by atoms with E-state index in [2.05, 4.69) is 0 Å². The number of likely N-dealkylation sites (N-methyl/N-ethyl adjacent to an activating group) is 1. The molecular weight excluding hydrogens is 269 g/mol. The molecule has 0 aromatic heterocycles. The Hall–Kier alpha value is -1.62. The quantitative estimate of drug-likeness (QED) is 0.848. The van der Waals surface area contributed by atoms with Crippen LogP contribution < -0.4 is 5.73 Å². The van der Waals surface area contributed by atoms with Crippen molar-refractivity contribution in [3.05, 3.63) is 29.6 Å². The van der Waals surface area contributed by atoms with Crippen LogP contribution in [-0.4, -0.2) is 48.9 Å². The molecule has 0 radical (unpaired) electrons. The third-order valence-corrected chi connectivity index (χ3v) is 4.04. The van der Waals surface area contributed by atoms with E-state index in [0.717, 1.165) is 32.2 Å². The molecule has 21 heavy (non-hydrogen) atoms. The first-order chi connectivity index (χ1) is 9.99. The molecule has 1 aliphatic carbocycles. The zero-order valence-electron chi connectivity index (χ0n) is 12.8. The molecule has 116 valence electrons. The van der Waals surface area contributed by atoms with E-state index in [4.69, 9.17) is 5.73 Å². The van der Waals surface area contributed by atoms with E-state index in [9.17, 15) is 9.18 Å². The second kappa shape index (κ2) is 6.89. The fourth-order valence-electron chi connectivity index (χ4n) is 2.83. The summed E-state index contributed by atoms with van der Waals surface area (Å²) >= 11 is 0. The average Bonchev–Trinajstić information content (AvgIpc) is 2.92. The van der Waals surface area contributed by atoms with Crippen LogP contribution in [0.2, 0.25) is 0 Å². The van der Waals surface area contributed by atoms with Gasteiger partial charge in [-0.3, -0.25) is 4.79 Å². The monoisotopic (exact) mass is 293 g/mol. The fourth-order valence-corrected chi connectivity index (χ4v) is 2.83. The van der Waals surface area contributed by atoms with Crippen molar-refractivity contribution in [2.24, 2.45) is 0 Å². The Balaban J connectivity index is 2.19. The summed E-state index contributed by atoms with van der Waals surface area (Å²) in [5.74, 6) is -0.755. The van der Waals surface area contributed by atoms with E-state index in [1.54, 1.807) is 6.07 Å². The number of rotatable bonds is 5. The largest absolute Gasteiger partial charge is 0.399 e. The lowest BCUT2D eigenvalue weighted by atomic mass is 10.1. The highest BCUT2D eigenvalue weighted by molar-refractivity contribution is 5.95. The van der Waals surface area contributed by atoms with Crippen molar-refractivity contribution in [3.63, 3.8) is 0 Å². The van der Waals surface area contributed by atoms with Crippen molar-refractivity contribution in [2.45, 2.75) is 31.7 Å². The summed E-state index contributed by atoms with van der Waals surface area (Å²) in [4.78, 5) is 16.6. The number of amides is 1. The van der Waals surface area contributed by atoms with E-state index in [0.29, 0.717) is 12.2 Å². The Kier molecular flexibility index (Phi) is 5.17. The highest BCUT2D eigenvalue weighted by atomic mass is 19.1. The zero-order valence-corrected chi connectivity index (χ0v) is 12.8. The van der Waals surface area contributed by atoms with Crippen molar-refractivity contribution >= 4 is 11.6 Å². The number of nitrogens with two attached hydrogens (primary N) is 1. The number of hydrogen-bond donors (Lipinski definition) is 1. The molecular formula is C16H24FN3O. The predicted octanol–water partition coefficient (Wildman–Crippen LogP) is 2.35. The molecule has 5 heteroatoms. The molecule has 1 amide bonds. The lowest BCUT2D eigenvalue weighted by Crippen LogP contribution is -2.43. The number of benzene rings is 1. The minimum absolute atomic E-state index is 0.120. The predicted molar refractivity (Wildman–Crippen MR) is 82.7 cm³/mol. The molecule has 2 N–H and O–H groups in total. The molecule has 4 nitrogen and oxygen atoms in total. The molecule has 0 atom stereocenters. The highest BCUT2D eigenvalue weighted by Gasteiger charge is 2.28. The van der Waals surface area contributed by atoms with Gasteiger partial charge in [0.2, 0.25) is 0 Å². The second-order valence-corrected chi connectivity index (χ2v) is 5.98. The maximum Gasteiger partial charge on any atom is 0.257 e. The summed E-state index contributed by atoms with van der Waals surface area (Å²) in [5.41, 5.74) is 6.01. The Morgan fingerprint density at radius 1 is 1.29 bits per heavy atom. The summed E-state index contributed by atoms with van der Waals surface area (Å²) in [6, 6.07) is 4.51. The van der Waals surface area contributed by atoms with Gasteiger partial charge < -0.3 is 15.5 Å². The van der Waals surface area contributed by atoms with Gasteiger partial charge in [0.25, 0.3) is 5.91 Å². The molecule has 1 saturated carbocycles. The third kappa shape index (κ3) is 3.94. The van der Waals surface area contributed by atoms with Crippen LogP contribution in [0.4, 0.5) is 10.1 Å². The molecule has 1 aliphatic rings. The van der Waals surface area contributed by atoms with Crippen LogP contribution in [0.25, 0.3) is 0 Å². The zero-order chi connectivity index (χ0) is 15.4. The van der Waals surface area contributed by atoms with Crippen molar-refractivity contribution in [2.75, 3.05) is 32.9 Å². The van der Waals surface area contributed by atoms with Gasteiger partial charge >= 0.3 is 0 Å². The van der Waals surface area contributed by atoms with Crippen molar-refractivity contribution in [3.8, 4) is 0 Å². The number of carbonyl (C=O) groups is 1. The number of hydrogen-bond acceptors (Lipinski definition) is 3. The number of nitrogen functional groups attached to an aromatic ring is 1. The van der Waals surface area contributed by atoms with Crippen LogP contribution in [-0.2, 0) is 0 Å². The Labute approximate surface area is 125 Å². The number of halogens is 1. The standard InChI is InChI=1S/C16H24FN3O/c1-19(2)9-10-20(13-5-3-4-6-13)16(21)14-8-7-12(18)11-15(14)17/h7-8,11,13H,3-6,9-10,18H2,1-2H3. The molecule has 0 saturated heterocycles. The van der Waals surface area contributed by atoms with E-state index in [1.807, 2.05) is 23.9 Å². The van der Waals surface area contributed by atoms with Crippen molar-refractivity contribution < 1.29 is 9.18 Å². The lowest BCUT2D eigenvalue weighted by molar-refractivity contribution is 0.0663. The van der Waals surface area contributed by atoms with Crippen LogP contribution in [0.3, 0.4) is 0 Å². The first-order valence-electron chi connectivity index (χ1n) is 7.50. The van der Waals surface area contributed by atoms with Gasteiger partial charge in [-0.05, 0) is 45.1 Å². The Bertz CT molecular complexity index is 498. The van der Waals surface area contributed by atoms with Gasteiger partial charge in [0.05, 0.1) is 5.56 Å². The smallest absolute Gasteiger partial charge is 0.257 e. The van der Waals surface area contributed by atoms with Crippen LogP contribution in [0, 0.1) is 5.82 Å². The number of anilines is 1. The van der Waals surface area contributed by atoms with Gasteiger partial charge in [0.1, 0.15) is 5.82 Å². The first kappa shape index (κ1) is 15.8. The molecule has 1 aromatic rings. The molecule has 0 heterocycles. The van der Waals surface area contributed by atoms with Crippen LogP contribution in [0.15, 0.2) is 18.2 Å². The molecule has 0 unspecified atom stereocenters. The van der Waals surface area contributed by atoms with E-state index >= 15 is 0 Å². The van der Waals surface area contributed by atoms with Crippen molar-refractivity contribution in [1.29, 1.82) is 0 Å². The summed E-state index contributed by atoms with van der Waals surface area (Å²) in [7, 11) is 3.95. The summed E-state index contributed by atoms with van der Waals surface area (Å²) in [6.45, 7) is 1.40. The molecule has 1 fully saturated rings. The van der Waals surface area contributed by atoms with Gasteiger partial charge in [0.15, 0.2) is 0 Å². The highest BCUT2D eigenvalue weighted by Crippen LogP contribution is 2.25. The third-order valence-electron chi connectivity index (χ3n) is 4.04. The molecule has 1 aromatic carbocycles. The number of nitrogens with zero attached hydrogens (tertiary/aromatic N) is 2. The van der Waals surface area contributed by atoms with E-state index < -0.39 is 5.82 Å². The molecule has 0 bridgehead atoms. The van der Waals surface area contributed by atoms with Gasteiger partial charge in [-0.25, -0.2) is 4.39 Å². The van der Waals surface area contributed by atoms with Gasteiger partial charge in [0, 0.05) is 24.8 Å². The lowest BCUT2D eigenvalue weighted by Gasteiger charge is -2.30. The molecule has 0 aliphatic heterocycles. The minimum atomic E-state index is -0.534. The van der Waals surface area contributed by atoms with E-state index in [1.165, 1.54) is 12.1 Å². The minimum Gasteiger partial charge on any atom is -0.399 e. The molecule has 2 rings (SSSR count). The van der Waals surface area contributed by atoms with Crippen LogP contribution in [0.1, 0.15) is 36.0 Å². The number of carbonyl (C=O) groups excluding carboxylic acids is 1. The maximum atomic E-state index is 14.0. The van der Waals surface area contributed by atoms with Gasteiger partial charge in [-0.1, -0.05) is 12.8 Å². The second-order valence-electron chi connectivity index (χ2n) is 5.98. The topological polar surface area (TPSA) is 49.6 Å². The summed E-state index contributed by atoms with van der Waals surface area (Å²) in [6.07, 6.45) is 4.30. The summed E-state index contributed by atoms with van der Waals surface area (Å²) < 4.78 is 14.0. The fraction of sp³-hybridized carbons (Fsp3) is 0.562. The Morgan fingerprint density at radius 2 is 1.95 bits per heavy atom. The van der Waals surface area contributed by atoms with Crippen LogP contribution in [0.5, 0.6) is 0 Å². The average molecular weight is 293 g/mol. The summed E-state index contributed by atoms with van der Waals surface area (Å²) in [5, 5.41) is 0. The molecule has 0 spiro atoms. The first-order valence-corrected chi connectivity index (χ1v) is 7.50. The Morgan fingerprint density at radius 3 is 2.52 bits per heavy atom. The van der Waals surface area contributed by atoms with Crippen LogP contribution >= 0.6 is 0 Å². The van der Waals surface area contributed by atoms with Gasteiger partial charge in [-0.2, -0.15) is 0 Å². The van der Waals surface area contributed by atoms with E-state index in [-0.39, 0.29) is 17.5 Å². The normalized spacial score (nSPS) is 15.6. The SMILES string of the molecule is CN(C)CCN(C(=O)c1ccc(N)cc1F)C1CCCC1. The maximum absolute atomic E-state index is 14.0. The van der Waals surface area contributed by atoms with Crippen molar-refractivity contribution in [1.82, 2.24) is 9.80 Å².